The van der Waals surface area contributed by atoms with Crippen molar-refractivity contribution in [3.63, 3.8) is 0 Å². The number of nitrogens with zero attached hydrogens (tertiary/aromatic N) is 2. The van der Waals surface area contributed by atoms with E-state index in [4.69, 9.17) is 9.47 Å². The minimum atomic E-state index is -1.22. The maximum atomic E-state index is 12.3. The van der Waals surface area contributed by atoms with Crippen molar-refractivity contribution >= 4 is 17.6 Å². The summed E-state index contributed by atoms with van der Waals surface area (Å²) >= 11 is 0. The highest BCUT2D eigenvalue weighted by atomic mass is 16.5. The first-order chi connectivity index (χ1) is 11.3. The van der Waals surface area contributed by atoms with E-state index in [-0.39, 0.29) is 5.91 Å². The zero-order valence-corrected chi connectivity index (χ0v) is 13.9. The molecular formula is C16H19N3O5. The molecule has 2 aromatic rings. The predicted octanol–water partition coefficient (Wildman–Crippen LogP) is 1.97. The molecule has 0 radical (unpaired) electrons. The molecule has 0 bridgehead atoms. The van der Waals surface area contributed by atoms with Gasteiger partial charge >= 0.3 is 5.97 Å². The number of aromatic nitrogens is 2. The van der Waals surface area contributed by atoms with E-state index in [0.717, 1.165) is 0 Å². The number of hydrogen-bond donors (Lipinski definition) is 2. The third-order valence-electron chi connectivity index (χ3n) is 3.58. The minimum Gasteiger partial charge on any atom is -0.493 e. The first-order valence-electron chi connectivity index (χ1n) is 7.11. The highest BCUT2D eigenvalue weighted by molar-refractivity contribution is 6.04. The Hall–Kier alpha value is -3.03. The normalized spacial score (nSPS) is 11.0. The summed E-state index contributed by atoms with van der Waals surface area (Å²) in [4.78, 5) is 23.5. The van der Waals surface area contributed by atoms with Crippen LogP contribution in [0.2, 0.25) is 0 Å². The van der Waals surface area contributed by atoms with Gasteiger partial charge in [-0.2, -0.15) is 5.10 Å². The molecule has 0 aliphatic rings. The molecular weight excluding hydrogens is 314 g/mol. The summed E-state index contributed by atoms with van der Waals surface area (Å²) in [7, 11) is 2.99. The third kappa shape index (κ3) is 3.32. The lowest BCUT2D eigenvalue weighted by atomic mass is 10.1. The molecule has 0 unspecified atom stereocenters. The molecule has 0 atom stereocenters. The van der Waals surface area contributed by atoms with Gasteiger partial charge < -0.3 is 19.9 Å². The Kier molecular flexibility index (Phi) is 4.77. The van der Waals surface area contributed by atoms with Gasteiger partial charge in [-0.1, -0.05) is 0 Å². The Bertz CT molecular complexity index is 767. The summed E-state index contributed by atoms with van der Waals surface area (Å²) in [6.07, 6.45) is 2.86. The van der Waals surface area contributed by atoms with E-state index in [1.807, 2.05) is 0 Å². The molecule has 128 valence electrons. The molecule has 8 heteroatoms. The second-order valence-electron chi connectivity index (χ2n) is 5.56. The van der Waals surface area contributed by atoms with Gasteiger partial charge in [0, 0.05) is 11.8 Å². The number of nitrogens with one attached hydrogen (secondary N) is 1. The van der Waals surface area contributed by atoms with Crippen LogP contribution in [-0.4, -0.2) is 41.0 Å². The topological polar surface area (TPSA) is 103 Å². The second-order valence-corrected chi connectivity index (χ2v) is 5.56. The second kappa shape index (κ2) is 6.61. The third-order valence-corrected chi connectivity index (χ3v) is 3.58. The SMILES string of the molecule is COc1ccc(C(=O)Nc2cnn(C(C)(C)C(=O)O)c2)cc1OC. The van der Waals surface area contributed by atoms with Gasteiger partial charge in [-0.3, -0.25) is 9.48 Å². The smallest absolute Gasteiger partial charge is 0.331 e. The Labute approximate surface area is 139 Å². The fourth-order valence-corrected chi connectivity index (χ4v) is 1.97. The number of rotatable bonds is 6. The minimum absolute atomic E-state index is 0.372. The van der Waals surface area contributed by atoms with Crippen molar-refractivity contribution in [3.8, 4) is 11.5 Å². The number of methoxy groups -OCH3 is 2. The van der Waals surface area contributed by atoms with Crippen LogP contribution < -0.4 is 14.8 Å². The van der Waals surface area contributed by atoms with Crippen molar-refractivity contribution in [2.75, 3.05) is 19.5 Å². The van der Waals surface area contributed by atoms with Crippen LogP contribution >= 0.6 is 0 Å². The quantitative estimate of drug-likeness (QED) is 0.838. The first kappa shape index (κ1) is 17.3. The maximum Gasteiger partial charge on any atom is 0.331 e. The Morgan fingerprint density at radius 3 is 2.46 bits per heavy atom. The average molecular weight is 333 g/mol. The van der Waals surface area contributed by atoms with Crippen LogP contribution in [-0.2, 0) is 10.3 Å². The number of hydrogen-bond acceptors (Lipinski definition) is 5. The summed E-state index contributed by atoms with van der Waals surface area (Å²) in [6.45, 7) is 3.03. The zero-order valence-electron chi connectivity index (χ0n) is 13.9. The molecule has 1 heterocycles. The van der Waals surface area contributed by atoms with Gasteiger partial charge in [0.15, 0.2) is 17.0 Å². The lowest BCUT2D eigenvalue weighted by molar-refractivity contribution is -0.146. The van der Waals surface area contributed by atoms with Crippen LogP contribution in [0.15, 0.2) is 30.6 Å². The lowest BCUT2D eigenvalue weighted by Gasteiger charge is -2.19. The lowest BCUT2D eigenvalue weighted by Crippen LogP contribution is -2.35. The molecule has 1 aromatic heterocycles. The molecule has 0 aliphatic heterocycles. The van der Waals surface area contributed by atoms with E-state index in [2.05, 4.69) is 10.4 Å². The van der Waals surface area contributed by atoms with E-state index in [0.29, 0.717) is 22.7 Å². The largest absolute Gasteiger partial charge is 0.493 e. The Morgan fingerprint density at radius 1 is 1.21 bits per heavy atom. The van der Waals surface area contributed by atoms with Crippen molar-refractivity contribution in [1.82, 2.24) is 9.78 Å². The summed E-state index contributed by atoms with van der Waals surface area (Å²) in [5, 5.41) is 15.9. The van der Waals surface area contributed by atoms with E-state index < -0.39 is 11.5 Å². The molecule has 2 rings (SSSR count). The van der Waals surface area contributed by atoms with Crippen molar-refractivity contribution in [2.45, 2.75) is 19.4 Å². The van der Waals surface area contributed by atoms with Crippen molar-refractivity contribution < 1.29 is 24.2 Å². The molecule has 2 N–H and O–H groups in total. The van der Waals surface area contributed by atoms with Crippen LogP contribution in [0, 0.1) is 0 Å². The summed E-state index contributed by atoms with van der Waals surface area (Å²) in [6, 6.07) is 4.78. The molecule has 1 amide bonds. The standard InChI is InChI=1S/C16H19N3O5/c1-16(2,15(21)22)19-9-11(8-17-19)18-14(20)10-5-6-12(23-3)13(7-10)24-4/h5-9H,1-4H3,(H,18,20)(H,21,22). The van der Waals surface area contributed by atoms with E-state index in [9.17, 15) is 14.7 Å². The molecule has 1 aromatic carbocycles. The number of aliphatic carboxylic acids is 1. The summed E-state index contributed by atoms with van der Waals surface area (Å²) in [5.41, 5.74) is -0.450. The van der Waals surface area contributed by atoms with E-state index >= 15 is 0 Å². The molecule has 0 spiro atoms. The number of carbonyl (C=O) groups excluding carboxylic acids is 1. The fraction of sp³-hybridized carbons (Fsp3) is 0.312. The number of ether oxygens (including phenoxy) is 2. The number of benzene rings is 1. The molecule has 24 heavy (non-hydrogen) atoms. The molecule has 0 aliphatic carbocycles. The predicted molar refractivity (Wildman–Crippen MR) is 86.7 cm³/mol. The maximum absolute atomic E-state index is 12.3. The number of carbonyl (C=O) groups is 2. The highest BCUT2D eigenvalue weighted by Crippen LogP contribution is 2.28. The molecule has 0 saturated heterocycles. The van der Waals surface area contributed by atoms with Gasteiger partial charge in [-0.15, -0.1) is 0 Å². The number of amides is 1. The van der Waals surface area contributed by atoms with Gasteiger partial charge in [-0.05, 0) is 32.0 Å². The monoisotopic (exact) mass is 333 g/mol. The van der Waals surface area contributed by atoms with Crippen molar-refractivity contribution in [1.29, 1.82) is 0 Å². The van der Waals surface area contributed by atoms with Crippen molar-refractivity contribution in [3.05, 3.63) is 36.2 Å². The van der Waals surface area contributed by atoms with E-state index in [1.54, 1.807) is 18.2 Å². The van der Waals surface area contributed by atoms with Crippen LogP contribution in [0.1, 0.15) is 24.2 Å². The number of carboxylic acids is 1. The van der Waals surface area contributed by atoms with Gasteiger partial charge in [-0.25, -0.2) is 4.79 Å². The summed E-state index contributed by atoms with van der Waals surface area (Å²) in [5.74, 6) is -0.440. The van der Waals surface area contributed by atoms with Crippen LogP contribution in [0.25, 0.3) is 0 Å². The van der Waals surface area contributed by atoms with Crippen LogP contribution in [0.4, 0.5) is 5.69 Å². The molecule has 8 nitrogen and oxygen atoms in total. The van der Waals surface area contributed by atoms with Gasteiger partial charge in [0.2, 0.25) is 0 Å². The zero-order chi connectivity index (χ0) is 17.9. The van der Waals surface area contributed by atoms with Crippen LogP contribution in [0.3, 0.4) is 0 Å². The average Bonchev–Trinajstić information content (AvgIpc) is 3.03. The van der Waals surface area contributed by atoms with Crippen LogP contribution in [0.5, 0.6) is 11.5 Å². The Balaban J connectivity index is 2.19. The summed E-state index contributed by atoms with van der Waals surface area (Å²) < 4.78 is 11.6. The fourth-order valence-electron chi connectivity index (χ4n) is 1.97. The van der Waals surface area contributed by atoms with E-state index in [1.165, 1.54) is 45.1 Å². The van der Waals surface area contributed by atoms with Crippen molar-refractivity contribution in [2.24, 2.45) is 0 Å². The number of carboxylic acid groups (broad SMARTS) is 1. The van der Waals surface area contributed by atoms with Gasteiger partial charge in [0.05, 0.1) is 26.1 Å². The first-order valence-corrected chi connectivity index (χ1v) is 7.11. The molecule has 0 saturated carbocycles. The van der Waals surface area contributed by atoms with Gasteiger partial charge in [0.25, 0.3) is 5.91 Å². The van der Waals surface area contributed by atoms with Gasteiger partial charge in [0.1, 0.15) is 0 Å². The Morgan fingerprint density at radius 2 is 1.88 bits per heavy atom. The number of anilines is 1. The highest BCUT2D eigenvalue weighted by Gasteiger charge is 2.30. The molecule has 0 fully saturated rings.